The predicted octanol–water partition coefficient (Wildman–Crippen LogP) is 2.21. The summed E-state index contributed by atoms with van der Waals surface area (Å²) in [5.74, 6) is -0.349. The van der Waals surface area contributed by atoms with Crippen molar-refractivity contribution in [1.82, 2.24) is 4.57 Å². The molecule has 0 saturated heterocycles. The molecule has 0 amide bonds. The Labute approximate surface area is 92.7 Å². The third kappa shape index (κ3) is 1.84. The van der Waals surface area contributed by atoms with Gasteiger partial charge in [0, 0.05) is 13.0 Å². The molecule has 16 heavy (non-hydrogen) atoms. The molecule has 0 bridgehead atoms. The van der Waals surface area contributed by atoms with Gasteiger partial charge in [-0.25, -0.2) is 4.79 Å². The van der Waals surface area contributed by atoms with E-state index in [0.29, 0.717) is 25.0 Å². The number of nitriles is 1. The third-order valence-electron chi connectivity index (χ3n) is 2.49. The molecule has 0 spiro atoms. The number of rotatable bonds is 3. The first-order valence-corrected chi connectivity index (χ1v) is 5.19. The monoisotopic (exact) mass is 216 g/mol. The van der Waals surface area contributed by atoms with Crippen molar-refractivity contribution in [3.05, 3.63) is 34.3 Å². The van der Waals surface area contributed by atoms with Crippen LogP contribution >= 0.6 is 0 Å². The lowest BCUT2D eigenvalue weighted by molar-refractivity contribution is 0.499. The molecular weight excluding hydrogens is 204 g/mol. The number of hydrogen-bond acceptors (Lipinski definition) is 3. The highest BCUT2D eigenvalue weighted by molar-refractivity contribution is 5.73. The standard InChI is InChI=1S/C12H12N2O2/c1-9-4-5-11-10(8-9)14(12(15)16-11)7-3-2-6-13/h4-5,8H,2-3,7H2,1H3. The van der Waals surface area contributed by atoms with E-state index in [-0.39, 0.29) is 5.76 Å². The first-order chi connectivity index (χ1) is 7.72. The second-order valence-corrected chi connectivity index (χ2v) is 3.75. The SMILES string of the molecule is Cc1ccc2oc(=O)n(CCCC#N)c2c1. The summed E-state index contributed by atoms with van der Waals surface area (Å²) in [5.41, 5.74) is 2.50. The summed E-state index contributed by atoms with van der Waals surface area (Å²) in [6.45, 7) is 2.50. The molecule has 1 aromatic heterocycles. The number of aromatic nitrogens is 1. The van der Waals surface area contributed by atoms with Gasteiger partial charge in [-0.1, -0.05) is 6.07 Å². The van der Waals surface area contributed by atoms with Gasteiger partial charge in [-0.2, -0.15) is 5.26 Å². The lowest BCUT2D eigenvalue weighted by Gasteiger charge is -1.99. The molecule has 82 valence electrons. The minimum absolute atomic E-state index is 0.349. The molecular formula is C12H12N2O2. The van der Waals surface area contributed by atoms with Crippen LogP contribution in [0.15, 0.2) is 27.4 Å². The number of unbranched alkanes of at least 4 members (excludes halogenated alkanes) is 1. The van der Waals surface area contributed by atoms with Gasteiger partial charge < -0.3 is 4.42 Å². The summed E-state index contributed by atoms with van der Waals surface area (Å²) in [7, 11) is 0. The van der Waals surface area contributed by atoms with Crippen LogP contribution in [0.2, 0.25) is 0 Å². The maximum absolute atomic E-state index is 11.6. The minimum Gasteiger partial charge on any atom is -0.408 e. The van der Waals surface area contributed by atoms with E-state index in [0.717, 1.165) is 11.1 Å². The van der Waals surface area contributed by atoms with Crippen LogP contribution in [0.1, 0.15) is 18.4 Å². The molecule has 0 atom stereocenters. The fourth-order valence-electron chi connectivity index (χ4n) is 1.70. The van der Waals surface area contributed by atoms with E-state index in [1.54, 1.807) is 10.6 Å². The lowest BCUT2D eigenvalue weighted by atomic mass is 10.2. The number of aryl methyl sites for hydroxylation is 2. The fourth-order valence-corrected chi connectivity index (χ4v) is 1.70. The summed E-state index contributed by atoms with van der Waals surface area (Å²) in [5, 5.41) is 8.46. The maximum Gasteiger partial charge on any atom is 0.419 e. The van der Waals surface area contributed by atoms with E-state index in [9.17, 15) is 4.79 Å². The van der Waals surface area contributed by atoms with Gasteiger partial charge in [-0.15, -0.1) is 0 Å². The zero-order valence-corrected chi connectivity index (χ0v) is 9.06. The Morgan fingerprint density at radius 2 is 2.31 bits per heavy atom. The molecule has 2 rings (SSSR count). The van der Waals surface area contributed by atoms with Crippen molar-refractivity contribution < 1.29 is 4.42 Å². The largest absolute Gasteiger partial charge is 0.419 e. The van der Waals surface area contributed by atoms with Crippen LogP contribution in [0.4, 0.5) is 0 Å². The van der Waals surface area contributed by atoms with Crippen molar-refractivity contribution in [2.75, 3.05) is 0 Å². The molecule has 4 heteroatoms. The third-order valence-corrected chi connectivity index (χ3v) is 2.49. The molecule has 0 N–H and O–H groups in total. The predicted molar refractivity (Wildman–Crippen MR) is 60.1 cm³/mol. The average Bonchev–Trinajstić information content (AvgIpc) is 2.56. The summed E-state index contributed by atoms with van der Waals surface area (Å²) in [6, 6.07) is 7.69. The zero-order chi connectivity index (χ0) is 11.5. The highest BCUT2D eigenvalue weighted by atomic mass is 16.4. The van der Waals surface area contributed by atoms with Gasteiger partial charge in [0.1, 0.15) is 0 Å². The summed E-state index contributed by atoms with van der Waals surface area (Å²) < 4.78 is 6.69. The topological polar surface area (TPSA) is 58.9 Å². The van der Waals surface area contributed by atoms with E-state index in [1.165, 1.54) is 0 Å². The fraction of sp³-hybridized carbons (Fsp3) is 0.333. The van der Waals surface area contributed by atoms with Gasteiger partial charge in [0.05, 0.1) is 11.6 Å². The van der Waals surface area contributed by atoms with Crippen molar-refractivity contribution in [2.45, 2.75) is 26.3 Å². The Bertz CT molecular complexity index is 601. The summed E-state index contributed by atoms with van der Waals surface area (Å²) >= 11 is 0. The first-order valence-electron chi connectivity index (χ1n) is 5.19. The van der Waals surface area contributed by atoms with Crippen molar-refractivity contribution >= 4 is 11.1 Å². The molecule has 0 unspecified atom stereocenters. The summed E-state index contributed by atoms with van der Waals surface area (Å²) in [6.07, 6.45) is 1.11. The smallest absolute Gasteiger partial charge is 0.408 e. The van der Waals surface area contributed by atoms with Crippen LogP contribution in [0.3, 0.4) is 0 Å². The highest BCUT2D eigenvalue weighted by Gasteiger charge is 2.08. The first kappa shape index (κ1) is 10.5. The summed E-state index contributed by atoms with van der Waals surface area (Å²) in [4.78, 5) is 11.6. The number of hydrogen-bond donors (Lipinski definition) is 0. The number of benzene rings is 1. The molecule has 0 aliphatic heterocycles. The molecule has 2 aromatic rings. The quantitative estimate of drug-likeness (QED) is 0.739. The van der Waals surface area contributed by atoms with Gasteiger partial charge in [-0.05, 0) is 31.0 Å². The number of oxazole rings is 1. The number of fused-ring (bicyclic) bond motifs is 1. The second-order valence-electron chi connectivity index (χ2n) is 3.75. The molecule has 1 heterocycles. The van der Waals surface area contributed by atoms with Crippen LogP contribution in [-0.2, 0) is 6.54 Å². The van der Waals surface area contributed by atoms with Crippen LogP contribution in [0.25, 0.3) is 11.1 Å². The van der Waals surface area contributed by atoms with Gasteiger partial charge >= 0.3 is 5.76 Å². The Kier molecular flexibility index (Phi) is 2.78. The van der Waals surface area contributed by atoms with E-state index in [1.807, 2.05) is 19.1 Å². The van der Waals surface area contributed by atoms with E-state index >= 15 is 0 Å². The highest BCUT2D eigenvalue weighted by Crippen LogP contribution is 2.15. The van der Waals surface area contributed by atoms with Gasteiger partial charge in [0.25, 0.3) is 0 Å². The molecule has 0 aliphatic carbocycles. The Hall–Kier alpha value is -2.02. The molecule has 0 aliphatic rings. The van der Waals surface area contributed by atoms with E-state index in [2.05, 4.69) is 6.07 Å². The van der Waals surface area contributed by atoms with Gasteiger partial charge in [0.2, 0.25) is 0 Å². The Morgan fingerprint density at radius 3 is 3.06 bits per heavy atom. The van der Waals surface area contributed by atoms with Gasteiger partial charge in [-0.3, -0.25) is 4.57 Å². The minimum atomic E-state index is -0.349. The van der Waals surface area contributed by atoms with E-state index in [4.69, 9.17) is 9.68 Å². The molecule has 0 saturated carbocycles. The van der Waals surface area contributed by atoms with Crippen molar-refractivity contribution in [2.24, 2.45) is 0 Å². The second kappa shape index (κ2) is 4.23. The van der Waals surface area contributed by atoms with Crippen molar-refractivity contribution in [3.8, 4) is 6.07 Å². The Morgan fingerprint density at radius 1 is 1.50 bits per heavy atom. The van der Waals surface area contributed by atoms with Crippen LogP contribution in [0, 0.1) is 18.3 Å². The molecule has 1 aromatic carbocycles. The molecule has 4 nitrogen and oxygen atoms in total. The number of nitrogens with zero attached hydrogens (tertiary/aromatic N) is 2. The normalized spacial score (nSPS) is 10.5. The zero-order valence-electron chi connectivity index (χ0n) is 9.06. The average molecular weight is 216 g/mol. The maximum atomic E-state index is 11.6. The molecule has 0 fully saturated rings. The van der Waals surface area contributed by atoms with Gasteiger partial charge in [0.15, 0.2) is 5.58 Å². The Balaban J connectivity index is 2.43. The lowest BCUT2D eigenvalue weighted by Crippen LogP contribution is -2.13. The van der Waals surface area contributed by atoms with Crippen LogP contribution < -0.4 is 5.76 Å². The van der Waals surface area contributed by atoms with Crippen LogP contribution in [0.5, 0.6) is 0 Å². The molecule has 0 radical (unpaired) electrons. The van der Waals surface area contributed by atoms with Crippen molar-refractivity contribution in [3.63, 3.8) is 0 Å². The van der Waals surface area contributed by atoms with E-state index < -0.39 is 0 Å². The van der Waals surface area contributed by atoms with Crippen molar-refractivity contribution in [1.29, 1.82) is 5.26 Å². The van der Waals surface area contributed by atoms with Crippen LogP contribution in [-0.4, -0.2) is 4.57 Å².